The molecule has 0 aliphatic rings. The Bertz CT molecular complexity index is 1130. The molecule has 26 heavy (non-hydrogen) atoms. The number of H-pyrrole nitrogens is 1. The summed E-state index contributed by atoms with van der Waals surface area (Å²) in [5, 5.41) is 1.10. The molecule has 4 nitrogen and oxygen atoms in total. The van der Waals surface area contributed by atoms with E-state index >= 15 is 0 Å². The minimum atomic E-state index is -3.56. The molecule has 130 valence electrons. The highest BCUT2D eigenvalue weighted by molar-refractivity contribution is 7.89. The van der Waals surface area contributed by atoms with Crippen LogP contribution in [0.4, 0.5) is 0 Å². The third-order valence-electron chi connectivity index (χ3n) is 4.36. The molecule has 0 amide bonds. The number of fused-ring (bicyclic) bond motifs is 1. The monoisotopic (exact) mass is 362 g/mol. The maximum Gasteiger partial charge on any atom is 0.240 e. The molecule has 0 aliphatic carbocycles. The lowest BCUT2D eigenvalue weighted by Crippen LogP contribution is -2.23. The fourth-order valence-electron chi connectivity index (χ4n) is 2.92. The van der Waals surface area contributed by atoms with Crippen LogP contribution in [0.2, 0.25) is 0 Å². The van der Waals surface area contributed by atoms with Gasteiger partial charge in [0.2, 0.25) is 10.0 Å². The maximum absolute atomic E-state index is 12.5. The Morgan fingerprint density at radius 2 is 1.54 bits per heavy atom. The predicted molar refractivity (Wildman–Crippen MR) is 104 cm³/mol. The lowest BCUT2D eigenvalue weighted by Gasteiger charge is -2.08. The molecule has 0 saturated heterocycles. The van der Waals surface area contributed by atoms with E-state index in [4.69, 9.17) is 0 Å². The fourth-order valence-corrected chi connectivity index (χ4v) is 3.94. The molecule has 1 aromatic heterocycles. The van der Waals surface area contributed by atoms with Crippen molar-refractivity contribution in [2.24, 2.45) is 0 Å². The van der Waals surface area contributed by atoms with E-state index in [2.05, 4.69) is 9.71 Å². The van der Waals surface area contributed by atoms with Crippen molar-refractivity contribution in [3.8, 4) is 11.1 Å². The molecule has 5 heteroatoms. The van der Waals surface area contributed by atoms with Gasteiger partial charge >= 0.3 is 0 Å². The first-order chi connectivity index (χ1) is 12.6. The number of aromatic nitrogens is 1. The van der Waals surface area contributed by atoms with E-state index in [1.165, 1.54) is 0 Å². The van der Waals surface area contributed by atoms with Gasteiger partial charge in [-0.25, -0.2) is 13.1 Å². The summed E-state index contributed by atoms with van der Waals surface area (Å²) in [5.74, 6) is 0. The second-order valence-corrected chi connectivity index (χ2v) is 7.88. The molecule has 0 fully saturated rings. The van der Waals surface area contributed by atoms with Crippen molar-refractivity contribution < 1.29 is 8.42 Å². The zero-order valence-corrected chi connectivity index (χ0v) is 14.8. The number of benzene rings is 3. The molecule has 0 unspecified atom stereocenters. The lowest BCUT2D eigenvalue weighted by molar-refractivity contribution is 0.581. The topological polar surface area (TPSA) is 62.0 Å². The van der Waals surface area contributed by atoms with Crippen LogP contribution in [-0.2, 0) is 16.6 Å². The zero-order chi connectivity index (χ0) is 18.0. The normalized spacial score (nSPS) is 11.7. The minimum absolute atomic E-state index is 0.248. The summed E-state index contributed by atoms with van der Waals surface area (Å²) < 4.78 is 27.8. The lowest BCUT2D eigenvalue weighted by atomic mass is 10.1. The van der Waals surface area contributed by atoms with Crippen molar-refractivity contribution >= 4 is 20.9 Å². The SMILES string of the molecule is O=S(=O)(NCc1ccc2cc[nH]c2c1)c1ccc(-c2ccccc2)cc1. The van der Waals surface area contributed by atoms with E-state index in [-0.39, 0.29) is 11.4 Å². The van der Waals surface area contributed by atoms with E-state index in [0.29, 0.717) is 0 Å². The van der Waals surface area contributed by atoms with Crippen LogP contribution in [0.5, 0.6) is 0 Å². The second kappa shape index (κ2) is 6.78. The molecule has 1 heterocycles. The quantitative estimate of drug-likeness (QED) is 0.556. The van der Waals surface area contributed by atoms with Gasteiger partial charge < -0.3 is 4.98 Å². The first-order valence-corrected chi connectivity index (χ1v) is 9.81. The first kappa shape index (κ1) is 16.6. The van der Waals surface area contributed by atoms with Gasteiger partial charge in [0.05, 0.1) is 4.90 Å². The maximum atomic E-state index is 12.5. The molecule has 0 atom stereocenters. The molecule has 4 aromatic rings. The number of rotatable bonds is 5. The van der Waals surface area contributed by atoms with Crippen LogP contribution in [-0.4, -0.2) is 13.4 Å². The number of aromatic amines is 1. The highest BCUT2D eigenvalue weighted by atomic mass is 32.2. The van der Waals surface area contributed by atoms with E-state index in [1.54, 1.807) is 12.1 Å². The first-order valence-electron chi connectivity index (χ1n) is 8.33. The van der Waals surface area contributed by atoms with Crippen LogP contribution in [0.25, 0.3) is 22.0 Å². The molecule has 4 rings (SSSR count). The molecule has 3 aromatic carbocycles. The van der Waals surface area contributed by atoms with E-state index in [9.17, 15) is 8.42 Å². The average molecular weight is 362 g/mol. The largest absolute Gasteiger partial charge is 0.361 e. The molecule has 0 spiro atoms. The zero-order valence-electron chi connectivity index (χ0n) is 14.0. The van der Waals surface area contributed by atoms with Gasteiger partial charge in [0.1, 0.15) is 0 Å². The van der Waals surface area contributed by atoms with Crippen molar-refractivity contribution in [1.29, 1.82) is 0 Å². The van der Waals surface area contributed by atoms with Gasteiger partial charge in [0.25, 0.3) is 0 Å². The Kier molecular flexibility index (Phi) is 4.32. The summed E-state index contributed by atoms with van der Waals surface area (Å²) in [7, 11) is -3.56. The summed E-state index contributed by atoms with van der Waals surface area (Å²) in [6.07, 6.45) is 1.87. The molecular formula is C21H18N2O2S. The Labute approximate surface area is 152 Å². The van der Waals surface area contributed by atoms with Crippen molar-refractivity contribution in [3.05, 3.63) is 90.6 Å². The van der Waals surface area contributed by atoms with Gasteiger partial charge in [-0.2, -0.15) is 0 Å². The third-order valence-corrected chi connectivity index (χ3v) is 5.77. The summed E-state index contributed by atoms with van der Waals surface area (Å²) >= 11 is 0. The van der Waals surface area contributed by atoms with Gasteiger partial charge in [-0.3, -0.25) is 0 Å². The Morgan fingerprint density at radius 3 is 2.31 bits per heavy atom. The number of hydrogen-bond donors (Lipinski definition) is 2. The predicted octanol–water partition coefficient (Wildman–Crippen LogP) is 4.31. The van der Waals surface area contributed by atoms with Crippen LogP contribution >= 0.6 is 0 Å². The van der Waals surface area contributed by atoms with Crippen molar-refractivity contribution in [1.82, 2.24) is 9.71 Å². The molecule has 0 saturated carbocycles. The highest BCUT2D eigenvalue weighted by Gasteiger charge is 2.14. The van der Waals surface area contributed by atoms with Gasteiger partial charge in [0, 0.05) is 18.3 Å². The molecule has 2 N–H and O–H groups in total. The minimum Gasteiger partial charge on any atom is -0.361 e. The summed E-state index contributed by atoms with van der Waals surface area (Å²) in [6.45, 7) is 0.248. The molecule has 0 radical (unpaired) electrons. The van der Waals surface area contributed by atoms with Crippen molar-refractivity contribution in [2.45, 2.75) is 11.4 Å². The van der Waals surface area contributed by atoms with Gasteiger partial charge in [-0.1, -0.05) is 54.6 Å². The van der Waals surface area contributed by atoms with Crippen LogP contribution in [0.1, 0.15) is 5.56 Å². The smallest absolute Gasteiger partial charge is 0.240 e. The van der Waals surface area contributed by atoms with Crippen LogP contribution in [0.3, 0.4) is 0 Å². The third kappa shape index (κ3) is 3.40. The Morgan fingerprint density at radius 1 is 0.808 bits per heavy atom. The summed E-state index contributed by atoms with van der Waals surface area (Å²) in [5.41, 5.74) is 3.95. The number of sulfonamides is 1. The van der Waals surface area contributed by atoms with Crippen LogP contribution < -0.4 is 4.72 Å². The van der Waals surface area contributed by atoms with E-state index in [1.807, 2.05) is 72.9 Å². The van der Waals surface area contributed by atoms with Crippen LogP contribution in [0.15, 0.2) is 90.0 Å². The summed E-state index contributed by atoms with van der Waals surface area (Å²) in [6, 6.07) is 24.6. The average Bonchev–Trinajstić information content (AvgIpc) is 3.15. The molecule has 0 bridgehead atoms. The standard InChI is InChI=1S/C21H18N2O2S/c24-26(25,23-15-16-6-7-19-12-13-22-21(19)14-16)20-10-8-18(9-11-20)17-4-2-1-3-5-17/h1-14,22-23H,15H2. The van der Waals surface area contributed by atoms with Gasteiger partial charge in [0.15, 0.2) is 0 Å². The van der Waals surface area contributed by atoms with Crippen molar-refractivity contribution in [3.63, 3.8) is 0 Å². The highest BCUT2D eigenvalue weighted by Crippen LogP contribution is 2.21. The second-order valence-electron chi connectivity index (χ2n) is 6.11. The van der Waals surface area contributed by atoms with E-state index < -0.39 is 10.0 Å². The molecular weight excluding hydrogens is 344 g/mol. The fraction of sp³-hybridized carbons (Fsp3) is 0.0476. The number of hydrogen-bond acceptors (Lipinski definition) is 2. The Hall–Kier alpha value is -2.89. The van der Waals surface area contributed by atoms with Gasteiger partial charge in [-0.15, -0.1) is 0 Å². The number of nitrogens with one attached hydrogen (secondary N) is 2. The van der Waals surface area contributed by atoms with Crippen molar-refractivity contribution in [2.75, 3.05) is 0 Å². The molecule has 0 aliphatic heterocycles. The Balaban J connectivity index is 1.50. The van der Waals surface area contributed by atoms with Crippen LogP contribution in [0, 0.1) is 0 Å². The van der Waals surface area contributed by atoms with E-state index in [0.717, 1.165) is 27.6 Å². The summed E-state index contributed by atoms with van der Waals surface area (Å²) in [4.78, 5) is 3.40. The van der Waals surface area contributed by atoms with Gasteiger partial charge in [-0.05, 0) is 46.3 Å².